The lowest BCUT2D eigenvalue weighted by Gasteiger charge is -2.46. The summed E-state index contributed by atoms with van der Waals surface area (Å²) in [5, 5.41) is 0. The van der Waals surface area contributed by atoms with Gasteiger partial charge in [0.1, 0.15) is 5.75 Å². The minimum Gasteiger partial charge on any atom is -0.497 e. The highest BCUT2D eigenvalue weighted by atomic mass is 32.2. The molecule has 0 spiro atoms. The van der Waals surface area contributed by atoms with Crippen LogP contribution in [-0.4, -0.2) is 28.2 Å². The molecular formula is C20H22F3NO3S. The summed E-state index contributed by atoms with van der Waals surface area (Å²) in [5.41, 5.74) is 0.0709. The van der Waals surface area contributed by atoms with E-state index in [1.807, 2.05) is 0 Å². The van der Waals surface area contributed by atoms with Crippen molar-refractivity contribution in [3.63, 3.8) is 0 Å². The molecule has 0 aromatic heterocycles. The minimum atomic E-state index is -4.56. The number of ether oxygens (including phenoxy) is 1. The summed E-state index contributed by atoms with van der Waals surface area (Å²) in [6, 6.07) is 10.6. The lowest BCUT2D eigenvalue weighted by molar-refractivity contribution is -0.188. The molecule has 0 saturated heterocycles. The number of anilines is 1. The molecule has 28 heavy (non-hydrogen) atoms. The van der Waals surface area contributed by atoms with Crippen LogP contribution < -0.4 is 9.04 Å². The van der Waals surface area contributed by atoms with Crippen molar-refractivity contribution in [2.75, 3.05) is 18.0 Å². The van der Waals surface area contributed by atoms with Crippen LogP contribution in [0.25, 0.3) is 0 Å². The predicted molar refractivity (Wildman–Crippen MR) is 101 cm³/mol. The standard InChI is InChI=1S/C20H22F3NO3S/c1-13-5-8-15(9-6-13)28(25,26)24-12-18(20(21,22)23)19(2,3)16-11-14(27-4)7-10-17(16)24/h5-11,18H,12H2,1-4H3. The Morgan fingerprint density at radius 1 is 1.11 bits per heavy atom. The zero-order chi connectivity index (χ0) is 20.9. The van der Waals surface area contributed by atoms with Crippen molar-refractivity contribution >= 4 is 15.7 Å². The van der Waals surface area contributed by atoms with Crippen LogP contribution in [-0.2, 0) is 15.4 Å². The number of nitrogens with zero attached hydrogens (tertiary/aromatic N) is 1. The SMILES string of the molecule is COc1ccc2c(c1)C(C)(C)C(C(F)(F)F)CN2S(=O)(=O)c1ccc(C)cc1. The van der Waals surface area contributed by atoms with Crippen LogP contribution in [0.15, 0.2) is 47.4 Å². The van der Waals surface area contributed by atoms with Gasteiger partial charge in [0.25, 0.3) is 10.0 Å². The molecule has 2 aromatic carbocycles. The minimum absolute atomic E-state index is 0.0412. The average molecular weight is 413 g/mol. The smallest absolute Gasteiger partial charge is 0.394 e. The number of alkyl halides is 3. The van der Waals surface area contributed by atoms with Crippen molar-refractivity contribution in [2.24, 2.45) is 5.92 Å². The van der Waals surface area contributed by atoms with Crippen LogP contribution >= 0.6 is 0 Å². The molecule has 0 saturated carbocycles. The number of aryl methyl sites for hydroxylation is 1. The van der Waals surface area contributed by atoms with Gasteiger partial charge in [0, 0.05) is 12.0 Å². The second-order valence-corrected chi connectivity index (χ2v) is 9.41. The Morgan fingerprint density at radius 2 is 1.71 bits per heavy atom. The lowest BCUT2D eigenvalue weighted by Crippen LogP contribution is -2.53. The predicted octanol–water partition coefficient (Wildman–Crippen LogP) is 4.67. The number of rotatable bonds is 3. The summed E-state index contributed by atoms with van der Waals surface area (Å²) in [7, 11) is -2.75. The third-order valence-corrected chi connectivity index (χ3v) is 7.18. The fourth-order valence-corrected chi connectivity index (χ4v) is 5.13. The largest absolute Gasteiger partial charge is 0.497 e. The summed E-state index contributed by atoms with van der Waals surface area (Å²) in [4.78, 5) is -0.0412. The Morgan fingerprint density at radius 3 is 2.25 bits per heavy atom. The number of sulfonamides is 1. The van der Waals surface area contributed by atoms with Crippen molar-refractivity contribution < 1.29 is 26.3 Å². The molecule has 3 rings (SSSR count). The molecule has 1 heterocycles. The zero-order valence-corrected chi connectivity index (χ0v) is 16.9. The first-order valence-corrected chi connectivity index (χ1v) is 10.2. The Bertz CT molecular complexity index is 983. The molecule has 8 heteroatoms. The monoisotopic (exact) mass is 413 g/mol. The molecule has 0 amide bonds. The van der Waals surface area contributed by atoms with Gasteiger partial charge >= 0.3 is 6.18 Å². The Hall–Kier alpha value is -2.22. The maximum atomic E-state index is 13.9. The quantitative estimate of drug-likeness (QED) is 0.735. The molecule has 0 bridgehead atoms. The van der Waals surface area contributed by atoms with Crippen LogP contribution in [0.2, 0.25) is 0 Å². The first-order chi connectivity index (χ1) is 12.9. The van der Waals surface area contributed by atoms with E-state index in [1.54, 1.807) is 25.1 Å². The molecule has 0 N–H and O–H groups in total. The normalized spacial score (nSPS) is 19.2. The molecule has 0 fully saturated rings. The maximum absolute atomic E-state index is 13.9. The fraction of sp³-hybridized carbons (Fsp3) is 0.400. The third kappa shape index (κ3) is 3.34. The van der Waals surface area contributed by atoms with Gasteiger partial charge in [-0.25, -0.2) is 8.42 Å². The number of methoxy groups -OCH3 is 1. The van der Waals surface area contributed by atoms with Gasteiger partial charge in [-0.1, -0.05) is 31.5 Å². The third-order valence-electron chi connectivity index (χ3n) is 5.39. The van der Waals surface area contributed by atoms with Crippen molar-refractivity contribution in [3.8, 4) is 5.75 Å². The first kappa shape index (κ1) is 20.5. The van der Waals surface area contributed by atoms with Crippen molar-refractivity contribution in [1.29, 1.82) is 0 Å². The second kappa shape index (κ2) is 6.69. The molecule has 0 radical (unpaired) electrons. The fourth-order valence-electron chi connectivity index (χ4n) is 3.63. The summed E-state index contributed by atoms with van der Waals surface area (Å²) >= 11 is 0. The highest BCUT2D eigenvalue weighted by Gasteiger charge is 2.55. The van der Waals surface area contributed by atoms with E-state index in [-0.39, 0.29) is 16.1 Å². The van der Waals surface area contributed by atoms with E-state index in [1.165, 1.54) is 45.2 Å². The van der Waals surface area contributed by atoms with Gasteiger partial charge in [-0.3, -0.25) is 4.31 Å². The van der Waals surface area contributed by atoms with Gasteiger partial charge in [0.2, 0.25) is 0 Å². The van der Waals surface area contributed by atoms with E-state index in [4.69, 9.17) is 4.74 Å². The molecule has 1 unspecified atom stereocenters. The second-order valence-electron chi connectivity index (χ2n) is 7.55. The molecule has 0 aliphatic carbocycles. The molecule has 1 atom stereocenters. The van der Waals surface area contributed by atoms with Gasteiger partial charge in [-0.05, 0) is 42.8 Å². The zero-order valence-electron chi connectivity index (χ0n) is 16.0. The molecule has 2 aromatic rings. The van der Waals surface area contributed by atoms with Crippen LogP contribution in [0.1, 0.15) is 25.0 Å². The molecular weight excluding hydrogens is 391 g/mol. The van der Waals surface area contributed by atoms with E-state index in [9.17, 15) is 21.6 Å². The van der Waals surface area contributed by atoms with E-state index in [0.717, 1.165) is 9.87 Å². The maximum Gasteiger partial charge on any atom is 0.394 e. The number of halogens is 3. The highest BCUT2D eigenvalue weighted by Crippen LogP contribution is 2.51. The van der Waals surface area contributed by atoms with Gasteiger partial charge in [-0.2, -0.15) is 13.2 Å². The summed E-state index contributed by atoms with van der Waals surface area (Å²) < 4.78 is 74.1. The number of benzene rings is 2. The first-order valence-electron chi connectivity index (χ1n) is 8.73. The molecule has 4 nitrogen and oxygen atoms in total. The van der Waals surface area contributed by atoms with Crippen LogP contribution in [0.5, 0.6) is 5.75 Å². The van der Waals surface area contributed by atoms with Gasteiger partial charge < -0.3 is 4.74 Å². The topological polar surface area (TPSA) is 46.6 Å². The highest BCUT2D eigenvalue weighted by molar-refractivity contribution is 7.92. The van der Waals surface area contributed by atoms with E-state index in [2.05, 4.69) is 0 Å². The number of fused-ring (bicyclic) bond motifs is 1. The number of hydrogen-bond donors (Lipinski definition) is 0. The van der Waals surface area contributed by atoms with Crippen LogP contribution in [0.4, 0.5) is 18.9 Å². The lowest BCUT2D eigenvalue weighted by atomic mass is 9.70. The summed E-state index contributed by atoms with van der Waals surface area (Å²) in [6.45, 7) is 4.10. The van der Waals surface area contributed by atoms with Crippen molar-refractivity contribution in [3.05, 3.63) is 53.6 Å². The van der Waals surface area contributed by atoms with E-state index < -0.39 is 34.1 Å². The van der Waals surface area contributed by atoms with Crippen molar-refractivity contribution in [2.45, 2.75) is 37.3 Å². The Balaban J connectivity index is 2.23. The van der Waals surface area contributed by atoms with E-state index >= 15 is 0 Å². The van der Waals surface area contributed by atoms with E-state index in [0.29, 0.717) is 5.75 Å². The van der Waals surface area contributed by atoms with Gasteiger partial charge in [-0.15, -0.1) is 0 Å². The summed E-state index contributed by atoms with van der Waals surface area (Å²) in [5.74, 6) is -1.48. The Kier molecular flexibility index (Phi) is 4.90. The van der Waals surface area contributed by atoms with Gasteiger partial charge in [0.15, 0.2) is 0 Å². The summed E-state index contributed by atoms with van der Waals surface area (Å²) in [6.07, 6.45) is -4.56. The molecule has 152 valence electrons. The number of hydrogen-bond acceptors (Lipinski definition) is 3. The van der Waals surface area contributed by atoms with Crippen LogP contribution in [0.3, 0.4) is 0 Å². The average Bonchev–Trinajstić information content (AvgIpc) is 2.60. The molecule has 1 aliphatic heterocycles. The molecule has 1 aliphatic rings. The van der Waals surface area contributed by atoms with Crippen molar-refractivity contribution in [1.82, 2.24) is 0 Å². The Labute approximate surface area is 163 Å². The van der Waals surface area contributed by atoms with Crippen LogP contribution in [0, 0.1) is 12.8 Å². The van der Waals surface area contributed by atoms with Gasteiger partial charge in [0.05, 0.1) is 23.6 Å².